The lowest BCUT2D eigenvalue weighted by Gasteiger charge is -2.44. The molecule has 8 rings (SSSR count). The minimum absolute atomic E-state index is 0.00824. The number of nitrogens with zero attached hydrogens (tertiary/aromatic N) is 2. The third-order valence-corrected chi connectivity index (χ3v) is 9.86. The maximum atomic E-state index is 13.2. The highest BCUT2D eigenvalue weighted by Gasteiger charge is 2.64. The molecule has 4 aliphatic heterocycles. The largest absolute Gasteiger partial charge is 0.493 e. The predicted molar refractivity (Wildman–Crippen MR) is 154 cm³/mol. The molecule has 2 saturated heterocycles. The van der Waals surface area contributed by atoms with Crippen molar-refractivity contribution in [3.05, 3.63) is 70.8 Å². The quantitative estimate of drug-likeness (QED) is 0.483. The number of amides is 1. The van der Waals surface area contributed by atoms with Gasteiger partial charge < -0.3 is 38.4 Å². The molecule has 0 bridgehead atoms. The highest BCUT2D eigenvalue weighted by atomic mass is 16.7. The van der Waals surface area contributed by atoms with Gasteiger partial charge in [-0.25, -0.2) is 0 Å². The number of rotatable bonds is 5. The lowest BCUT2D eigenvalue weighted by Crippen LogP contribution is -2.59. The second-order valence-electron chi connectivity index (χ2n) is 12.0. The van der Waals surface area contributed by atoms with Crippen LogP contribution in [0, 0.1) is 0 Å². The first kappa shape index (κ1) is 26.5. The van der Waals surface area contributed by atoms with Crippen molar-refractivity contribution in [1.82, 2.24) is 9.80 Å². The molecule has 43 heavy (non-hydrogen) atoms. The van der Waals surface area contributed by atoms with E-state index in [1.54, 1.807) is 21.1 Å². The molecule has 10 nitrogen and oxygen atoms in total. The summed E-state index contributed by atoms with van der Waals surface area (Å²) < 4.78 is 34.4. The van der Waals surface area contributed by atoms with Gasteiger partial charge in [0, 0.05) is 56.0 Å². The zero-order valence-corrected chi connectivity index (χ0v) is 24.4. The second-order valence-corrected chi connectivity index (χ2v) is 12.0. The summed E-state index contributed by atoms with van der Waals surface area (Å²) >= 11 is 0. The molecule has 4 heterocycles. The number of aliphatic hydroxyl groups is 1. The van der Waals surface area contributed by atoms with Gasteiger partial charge in [-0.2, -0.15) is 0 Å². The van der Waals surface area contributed by atoms with E-state index in [0.29, 0.717) is 60.6 Å². The number of carbonyl (C=O) groups is 1. The number of hydrogen-bond donors (Lipinski definition) is 1. The van der Waals surface area contributed by atoms with Gasteiger partial charge in [0.2, 0.25) is 31.0 Å². The lowest BCUT2D eigenvalue weighted by molar-refractivity contribution is -0.135. The first-order chi connectivity index (χ1) is 20.9. The molecule has 1 amide bonds. The van der Waals surface area contributed by atoms with Crippen LogP contribution >= 0.6 is 0 Å². The van der Waals surface area contributed by atoms with E-state index >= 15 is 0 Å². The monoisotopic (exact) mass is 586 g/mol. The molecule has 5 aliphatic rings. The fourth-order valence-corrected chi connectivity index (χ4v) is 8.26. The van der Waals surface area contributed by atoms with E-state index in [1.165, 1.54) is 0 Å². The molecule has 1 aliphatic carbocycles. The maximum Gasteiger partial charge on any atom is 0.231 e. The SMILES string of the molecule is COc1cc(C[C@H]2CN3C[C@]4(O)[C@@H](c5ccccc5)c5c(cc6c(c5OC)OCO6)[C@@H]4[C@H]3CN2C(C)=O)cc2c1OCO2. The molecule has 3 aromatic carbocycles. The van der Waals surface area contributed by atoms with Crippen LogP contribution in [-0.2, 0) is 11.2 Å². The van der Waals surface area contributed by atoms with Crippen LogP contribution in [0.15, 0.2) is 48.5 Å². The van der Waals surface area contributed by atoms with Crippen molar-refractivity contribution < 1.29 is 38.3 Å². The fourth-order valence-electron chi connectivity index (χ4n) is 8.26. The maximum absolute atomic E-state index is 13.2. The molecular formula is C33H34N2O8. The van der Waals surface area contributed by atoms with Gasteiger partial charge >= 0.3 is 0 Å². The first-order valence-corrected chi connectivity index (χ1v) is 14.7. The highest BCUT2D eigenvalue weighted by molar-refractivity contribution is 5.74. The minimum atomic E-state index is -1.13. The van der Waals surface area contributed by atoms with Crippen LogP contribution in [0.3, 0.4) is 0 Å². The Morgan fingerprint density at radius 3 is 2.44 bits per heavy atom. The van der Waals surface area contributed by atoms with Crippen LogP contribution in [0.5, 0.6) is 34.5 Å². The van der Waals surface area contributed by atoms with Crippen LogP contribution in [0.4, 0.5) is 0 Å². The van der Waals surface area contributed by atoms with Crippen molar-refractivity contribution in [3.63, 3.8) is 0 Å². The third kappa shape index (κ3) is 3.82. The van der Waals surface area contributed by atoms with Crippen LogP contribution < -0.4 is 28.4 Å². The minimum Gasteiger partial charge on any atom is -0.493 e. The zero-order valence-electron chi connectivity index (χ0n) is 24.4. The summed E-state index contributed by atoms with van der Waals surface area (Å²) in [4.78, 5) is 17.5. The number of piperazine rings is 1. The first-order valence-electron chi connectivity index (χ1n) is 14.7. The molecule has 0 unspecified atom stereocenters. The van der Waals surface area contributed by atoms with Gasteiger partial charge in [0.1, 0.15) is 0 Å². The van der Waals surface area contributed by atoms with Crippen molar-refractivity contribution in [3.8, 4) is 34.5 Å². The van der Waals surface area contributed by atoms with Crippen LogP contribution in [0.1, 0.15) is 41.0 Å². The number of ether oxygens (including phenoxy) is 6. The van der Waals surface area contributed by atoms with E-state index in [0.717, 1.165) is 22.3 Å². The lowest BCUT2D eigenvalue weighted by atomic mass is 9.78. The Morgan fingerprint density at radius 2 is 1.72 bits per heavy atom. The molecule has 0 aromatic heterocycles. The van der Waals surface area contributed by atoms with Gasteiger partial charge in [-0.15, -0.1) is 0 Å². The molecular weight excluding hydrogens is 552 g/mol. The van der Waals surface area contributed by atoms with Crippen LogP contribution in [-0.4, -0.2) is 85.9 Å². The molecule has 0 saturated carbocycles. The van der Waals surface area contributed by atoms with E-state index in [4.69, 9.17) is 28.4 Å². The summed E-state index contributed by atoms with van der Waals surface area (Å²) in [6, 6.07) is 15.9. The van der Waals surface area contributed by atoms with E-state index in [-0.39, 0.29) is 43.4 Å². The Kier molecular flexibility index (Phi) is 5.96. The topological polar surface area (TPSA) is 99.2 Å². The summed E-state index contributed by atoms with van der Waals surface area (Å²) in [5.41, 5.74) is 2.81. The smallest absolute Gasteiger partial charge is 0.231 e. The molecule has 5 atom stereocenters. The van der Waals surface area contributed by atoms with Gasteiger partial charge in [-0.3, -0.25) is 9.69 Å². The Balaban J connectivity index is 1.19. The summed E-state index contributed by atoms with van der Waals surface area (Å²) in [6.45, 7) is 3.48. The Bertz CT molecular complexity index is 1610. The van der Waals surface area contributed by atoms with E-state index in [9.17, 15) is 9.90 Å². The van der Waals surface area contributed by atoms with Crippen molar-refractivity contribution in [1.29, 1.82) is 0 Å². The number of methoxy groups -OCH3 is 2. The van der Waals surface area contributed by atoms with Gasteiger partial charge in [0.15, 0.2) is 23.0 Å². The second kappa shape index (κ2) is 9.68. The Hall–Kier alpha value is -4.15. The summed E-state index contributed by atoms with van der Waals surface area (Å²) in [5, 5.41) is 12.8. The predicted octanol–water partition coefficient (Wildman–Crippen LogP) is 3.28. The summed E-state index contributed by atoms with van der Waals surface area (Å²) in [5.74, 6) is 3.10. The average Bonchev–Trinajstić information content (AvgIpc) is 3.77. The third-order valence-electron chi connectivity index (χ3n) is 9.86. The van der Waals surface area contributed by atoms with E-state index in [2.05, 4.69) is 17.0 Å². The number of benzene rings is 3. The number of carbonyl (C=O) groups excluding carboxylic acids is 1. The number of fused-ring (bicyclic) bond motifs is 7. The zero-order chi connectivity index (χ0) is 29.5. The van der Waals surface area contributed by atoms with Crippen molar-refractivity contribution in [2.24, 2.45) is 0 Å². The molecule has 3 aromatic rings. The summed E-state index contributed by atoms with van der Waals surface area (Å²) in [7, 11) is 3.25. The summed E-state index contributed by atoms with van der Waals surface area (Å²) in [6.07, 6.45) is 0.615. The molecule has 1 N–H and O–H groups in total. The Morgan fingerprint density at radius 1 is 0.977 bits per heavy atom. The highest BCUT2D eigenvalue weighted by Crippen LogP contribution is 2.64. The van der Waals surface area contributed by atoms with E-state index in [1.807, 2.05) is 41.3 Å². The molecule has 0 spiro atoms. The van der Waals surface area contributed by atoms with Gasteiger partial charge in [-0.05, 0) is 41.3 Å². The van der Waals surface area contributed by atoms with Gasteiger partial charge in [0.05, 0.1) is 19.8 Å². The normalized spacial score (nSPS) is 28.0. The van der Waals surface area contributed by atoms with Crippen molar-refractivity contribution in [2.75, 3.05) is 47.4 Å². The van der Waals surface area contributed by atoms with Gasteiger partial charge in [0.25, 0.3) is 0 Å². The Labute approximate surface area is 249 Å². The van der Waals surface area contributed by atoms with Gasteiger partial charge in [-0.1, -0.05) is 30.3 Å². The van der Waals surface area contributed by atoms with Crippen LogP contribution in [0.2, 0.25) is 0 Å². The fraction of sp³-hybridized carbons (Fsp3) is 0.424. The van der Waals surface area contributed by atoms with Crippen LogP contribution in [0.25, 0.3) is 0 Å². The number of hydrogen-bond acceptors (Lipinski definition) is 9. The average molecular weight is 587 g/mol. The van der Waals surface area contributed by atoms with Crippen molar-refractivity contribution >= 4 is 5.91 Å². The molecule has 2 fully saturated rings. The van der Waals surface area contributed by atoms with E-state index < -0.39 is 5.60 Å². The van der Waals surface area contributed by atoms with Crippen molar-refractivity contribution in [2.45, 2.75) is 42.9 Å². The standard InChI is InChI=1S/C33H34N2O8/c1-18(36)35-14-23-29-22-12-26-31(43-17-41-26)32(39-3)27(22)28(20-7-5-4-6-8-20)33(29,37)15-34(23)13-21(35)9-19-10-24(38-2)30-25(11-19)40-16-42-30/h4-8,10-12,21,23,28-29,37H,9,13-17H2,1-3H3/t21-,23+,28-,29+,33-/m0/s1. The molecule has 0 radical (unpaired) electrons. The molecule has 224 valence electrons. The molecule has 10 heteroatoms.